The zero-order valence-electron chi connectivity index (χ0n) is 35.6. The van der Waals surface area contributed by atoms with E-state index in [1.807, 2.05) is 0 Å². The molecule has 0 spiro atoms. The van der Waals surface area contributed by atoms with Crippen LogP contribution in [0.1, 0.15) is 241 Å². The van der Waals surface area contributed by atoms with Crippen molar-refractivity contribution in [1.82, 2.24) is 0 Å². The van der Waals surface area contributed by atoms with E-state index in [2.05, 4.69) is 41.5 Å². The second-order valence-corrected chi connectivity index (χ2v) is 17.1. The summed E-state index contributed by atoms with van der Waals surface area (Å²) in [5.74, 6) is 1.53. The molecule has 0 N–H and O–H groups in total. The minimum absolute atomic E-state index is 0.0668. The molecule has 0 rings (SSSR count). The Kier molecular flexibility index (Phi) is 36.6. The molecule has 0 aliphatic rings. The Bertz CT molecular complexity index is 807. The molecule has 0 aromatic rings. The maximum Gasteiger partial charge on any atom is 0.306 e. The van der Waals surface area contributed by atoms with Crippen LogP contribution < -0.4 is 0 Å². The van der Waals surface area contributed by atoms with Gasteiger partial charge in [0.25, 0.3) is 0 Å². The van der Waals surface area contributed by atoms with Gasteiger partial charge in [0.15, 0.2) is 6.10 Å². The molecule has 0 heterocycles. The van der Waals surface area contributed by atoms with Crippen molar-refractivity contribution in [3.8, 4) is 0 Å². The summed E-state index contributed by atoms with van der Waals surface area (Å²) in [6.45, 7) is 13.6. The monoisotopic (exact) mass is 737 g/mol. The average molecular weight is 737 g/mol. The van der Waals surface area contributed by atoms with E-state index in [1.54, 1.807) is 0 Å². The number of unbranched alkanes of at least 4 members (excludes halogenated alkanes) is 22. The molecule has 0 fully saturated rings. The summed E-state index contributed by atoms with van der Waals surface area (Å²) in [6, 6.07) is 0. The lowest BCUT2D eigenvalue weighted by Crippen LogP contribution is -2.30. The van der Waals surface area contributed by atoms with Gasteiger partial charge in [-0.1, -0.05) is 202 Å². The van der Waals surface area contributed by atoms with Crippen LogP contribution >= 0.6 is 0 Å². The maximum atomic E-state index is 12.7. The Balaban J connectivity index is 4.35. The maximum absolute atomic E-state index is 12.7. The first kappa shape index (κ1) is 50.4. The van der Waals surface area contributed by atoms with Crippen molar-refractivity contribution in [3.05, 3.63) is 0 Å². The van der Waals surface area contributed by atoms with E-state index in [0.717, 1.165) is 75.5 Å². The topological polar surface area (TPSA) is 78.9 Å². The van der Waals surface area contributed by atoms with E-state index in [0.29, 0.717) is 19.3 Å². The van der Waals surface area contributed by atoms with Gasteiger partial charge in [-0.3, -0.25) is 14.4 Å². The molecule has 0 amide bonds. The molecular formula is C46H88O6. The van der Waals surface area contributed by atoms with Gasteiger partial charge in [0.05, 0.1) is 0 Å². The number of carbonyl (C=O) groups is 3. The Labute approximate surface area is 323 Å². The fourth-order valence-electron chi connectivity index (χ4n) is 6.70. The van der Waals surface area contributed by atoms with Crippen LogP contribution in [0, 0.1) is 17.8 Å². The third kappa shape index (κ3) is 39.6. The smallest absolute Gasteiger partial charge is 0.306 e. The highest BCUT2D eigenvalue weighted by Crippen LogP contribution is 2.16. The predicted octanol–water partition coefficient (Wildman–Crippen LogP) is 14.0. The van der Waals surface area contributed by atoms with Crippen molar-refractivity contribution in [2.75, 3.05) is 13.2 Å². The lowest BCUT2D eigenvalue weighted by Gasteiger charge is -2.18. The van der Waals surface area contributed by atoms with Gasteiger partial charge in [-0.25, -0.2) is 0 Å². The Morgan fingerprint density at radius 2 is 0.558 bits per heavy atom. The molecular weight excluding hydrogens is 648 g/mol. The van der Waals surface area contributed by atoms with Crippen molar-refractivity contribution >= 4 is 17.9 Å². The van der Waals surface area contributed by atoms with Crippen molar-refractivity contribution < 1.29 is 28.6 Å². The molecule has 308 valence electrons. The molecule has 0 saturated carbocycles. The minimum atomic E-state index is -0.762. The number of esters is 3. The fourth-order valence-corrected chi connectivity index (χ4v) is 6.70. The largest absolute Gasteiger partial charge is 0.462 e. The van der Waals surface area contributed by atoms with Gasteiger partial charge in [-0.15, -0.1) is 0 Å². The molecule has 0 bridgehead atoms. The molecule has 0 aliphatic heterocycles. The predicted molar refractivity (Wildman–Crippen MR) is 219 cm³/mol. The standard InChI is InChI=1S/C46H88O6/c1-40(2)32-26-20-14-9-7-11-17-23-29-35-44(47)50-38-43(39-51-45(48)36-30-24-19-13-16-22-28-34-42(5)6)52-46(49)37-31-25-18-12-8-10-15-21-27-33-41(3)4/h40-43H,7-39H2,1-6H3/t43-/m0/s1. The van der Waals surface area contributed by atoms with Crippen LogP contribution in [0.4, 0.5) is 0 Å². The first-order valence-corrected chi connectivity index (χ1v) is 22.6. The Hall–Kier alpha value is -1.59. The van der Waals surface area contributed by atoms with Gasteiger partial charge in [0.1, 0.15) is 13.2 Å². The van der Waals surface area contributed by atoms with E-state index in [-0.39, 0.29) is 31.1 Å². The van der Waals surface area contributed by atoms with Crippen LogP contribution in [0.2, 0.25) is 0 Å². The number of hydrogen-bond acceptors (Lipinski definition) is 6. The second kappa shape index (κ2) is 37.7. The quantitative estimate of drug-likeness (QED) is 0.0355. The summed E-state index contributed by atoms with van der Waals surface area (Å²) in [5, 5.41) is 0. The molecule has 0 aromatic carbocycles. The summed E-state index contributed by atoms with van der Waals surface area (Å²) >= 11 is 0. The Morgan fingerprint density at radius 3 is 0.827 bits per heavy atom. The van der Waals surface area contributed by atoms with Gasteiger partial charge >= 0.3 is 17.9 Å². The zero-order valence-corrected chi connectivity index (χ0v) is 35.6. The molecule has 6 nitrogen and oxygen atoms in total. The summed E-state index contributed by atoms with van der Waals surface area (Å²) in [4.78, 5) is 37.7. The first-order chi connectivity index (χ1) is 25.1. The fraction of sp³-hybridized carbons (Fsp3) is 0.935. The molecule has 0 aliphatic carbocycles. The number of ether oxygens (including phenoxy) is 3. The molecule has 52 heavy (non-hydrogen) atoms. The van der Waals surface area contributed by atoms with Crippen LogP contribution in [0.3, 0.4) is 0 Å². The van der Waals surface area contributed by atoms with E-state index in [9.17, 15) is 14.4 Å². The van der Waals surface area contributed by atoms with E-state index in [1.165, 1.54) is 122 Å². The third-order valence-electron chi connectivity index (χ3n) is 10.1. The van der Waals surface area contributed by atoms with Crippen molar-refractivity contribution in [1.29, 1.82) is 0 Å². The van der Waals surface area contributed by atoms with Crippen LogP contribution in [0.5, 0.6) is 0 Å². The first-order valence-electron chi connectivity index (χ1n) is 22.6. The summed E-state index contributed by atoms with van der Waals surface area (Å²) in [5.41, 5.74) is 0. The highest BCUT2D eigenvalue weighted by atomic mass is 16.6. The van der Waals surface area contributed by atoms with E-state index < -0.39 is 6.10 Å². The highest BCUT2D eigenvalue weighted by molar-refractivity contribution is 5.71. The molecule has 1 atom stereocenters. The molecule has 0 aromatic heterocycles. The normalized spacial score (nSPS) is 12.2. The number of hydrogen-bond donors (Lipinski definition) is 0. The van der Waals surface area contributed by atoms with Crippen molar-refractivity contribution in [2.45, 2.75) is 247 Å². The lowest BCUT2D eigenvalue weighted by molar-refractivity contribution is -0.167. The minimum Gasteiger partial charge on any atom is -0.462 e. The van der Waals surface area contributed by atoms with Gasteiger partial charge in [0.2, 0.25) is 0 Å². The van der Waals surface area contributed by atoms with Gasteiger partial charge in [-0.2, -0.15) is 0 Å². The van der Waals surface area contributed by atoms with E-state index in [4.69, 9.17) is 14.2 Å². The molecule has 0 saturated heterocycles. The highest BCUT2D eigenvalue weighted by Gasteiger charge is 2.19. The Morgan fingerprint density at radius 1 is 0.327 bits per heavy atom. The van der Waals surface area contributed by atoms with Gasteiger partial charge in [-0.05, 0) is 37.0 Å². The third-order valence-corrected chi connectivity index (χ3v) is 10.1. The van der Waals surface area contributed by atoms with Crippen molar-refractivity contribution in [2.24, 2.45) is 17.8 Å². The second-order valence-electron chi connectivity index (χ2n) is 17.1. The molecule has 0 radical (unpaired) electrons. The van der Waals surface area contributed by atoms with Crippen LogP contribution in [0.25, 0.3) is 0 Å². The van der Waals surface area contributed by atoms with Gasteiger partial charge in [0, 0.05) is 19.3 Å². The summed E-state index contributed by atoms with van der Waals surface area (Å²) in [7, 11) is 0. The van der Waals surface area contributed by atoms with Crippen LogP contribution in [0.15, 0.2) is 0 Å². The summed E-state index contributed by atoms with van der Waals surface area (Å²) in [6.07, 6.45) is 33.9. The SMILES string of the molecule is CC(C)CCCCCCCCCCCC(=O)OC[C@@H](COC(=O)CCCCCCCCCC(C)C)OC(=O)CCCCCCCCCCCC(C)C. The average Bonchev–Trinajstić information content (AvgIpc) is 3.09. The number of carbonyl (C=O) groups excluding carboxylic acids is 3. The van der Waals surface area contributed by atoms with Crippen LogP contribution in [-0.2, 0) is 28.6 Å². The molecule has 6 heteroatoms. The summed E-state index contributed by atoms with van der Waals surface area (Å²) < 4.78 is 16.7. The number of rotatable bonds is 39. The van der Waals surface area contributed by atoms with Crippen molar-refractivity contribution in [3.63, 3.8) is 0 Å². The van der Waals surface area contributed by atoms with E-state index >= 15 is 0 Å². The van der Waals surface area contributed by atoms with Crippen LogP contribution in [-0.4, -0.2) is 37.2 Å². The molecule has 0 unspecified atom stereocenters. The lowest BCUT2D eigenvalue weighted by atomic mass is 10.0. The zero-order chi connectivity index (χ0) is 38.5. The van der Waals surface area contributed by atoms with Gasteiger partial charge < -0.3 is 14.2 Å².